The van der Waals surface area contributed by atoms with Gasteiger partial charge in [-0.05, 0) is 38.4 Å². The van der Waals surface area contributed by atoms with Crippen molar-refractivity contribution in [2.45, 2.75) is 25.3 Å². The summed E-state index contributed by atoms with van der Waals surface area (Å²) in [7, 11) is 1.61. The lowest BCUT2D eigenvalue weighted by Crippen LogP contribution is -2.47. The molecule has 0 saturated carbocycles. The number of amides is 1. The first-order valence-electron chi connectivity index (χ1n) is 5.84. The number of rotatable bonds is 3. The molecule has 1 heterocycles. The molecule has 92 valence electrons. The van der Waals surface area contributed by atoms with Crippen molar-refractivity contribution in [2.24, 2.45) is 0 Å². The fourth-order valence-electron chi connectivity index (χ4n) is 2.06. The highest BCUT2D eigenvalue weighted by atomic mass is 16.5. The molecule has 0 aromatic heterocycles. The number of benzene rings is 1. The summed E-state index contributed by atoms with van der Waals surface area (Å²) >= 11 is 0. The molecule has 0 spiro atoms. The van der Waals surface area contributed by atoms with Crippen molar-refractivity contribution < 1.29 is 9.53 Å². The third-order valence-corrected chi connectivity index (χ3v) is 3.20. The van der Waals surface area contributed by atoms with Crippen molar-refractivity contribution in [3.8, 4) is 5.75 Å². The number of hydrogen-bond acceptors (Lipinski definition) is 3. The molecule has 2 N–H and O–H groups in total. The molecule has 1 aromatic carbocycles. The van der Waals surface area contributed by atoms with E-state index >= 15 is 0 Å². The number of nitrogens with one attached hydrogen (secondary N) is 2. The first-order chi connectivity index (χ1) is 8.14. The summed E-state index contributed by atoms with van der Waals surface area (Å²) in [5, 5.41) is 6.16. The largest absolute Gasteiger partial charge is 0.497 e. The maximum absolute atomic E-state index is 12.1. The Morgan fingerprint density at radius 2 is 2.35 bits per heavy atom. The predicted octanol–water partition coefficient (Wildman–Crippen LogP) is 1.78. The smallest absolute Gasteiger partial charge is 0.244 e. The second kappa shape index (κ2) is 4.75. The Bertz CT molecular complexity index is 412. The third-order valence-electron chi connectivity index (χ3n) is 3.20. The van der Waals surface area contributed by atoms with Crippen LogP contribution in [0.3, 0.4) is 0 Å². The number of carbonyl (C=O) groups is 1. The highest BCUT2D eigenvalue weighted by molar-refractivity contribution is 5.98. The minimum absolute atomic E-state index is 0.0169. The second-order valence-electron chi connectivity index (χ2n) is 4.55. The van der Waals surface area contributed by atoms with Crippen LogP contribution in [0.4, 0.5) is 5.69 Å². The second-order valence-corrected chi connectivity index (χ2v) is 4.55. The number of methoxy groups -OCH3 is 1. The van der Waals surface area contributed by atoms with Gasteiger partial charge in [-0.3, -0.25) is 4.79 Å². The van der Waals surface area contributed by atoms with E-state index in [0.717, 1.165) is 30.8 Å². The Labute approximate surface area is 101 Å². The van der Waals surface area contributed by atoms with Crippen molar-refractivity contribution in [1.29, 1.82) is 0 Å². The Morgan fingerprint density at radius 1 is 1.53 bits per heavy atom. The van der Waals surface area contributed by atoms with Gasteiger partial charge in [0.2, 0.25) is 5.91 Å². The molecule has 17 heavy (non-hydrogen) atoms. The van der Waals surface area contributed by atoms with E-state index in [1.807, 2.05) is 31.2 Å². The van der Waals surface area contributed by atoms with Crippen LogP contribution in [0.15, 0.2) is 24.3 Å². The van der Waals surface area contributed by atoms with E-state index < -0.39 is 5.54 Å². The maximum Gasteiger partial charge on any atom is 0.244 e. The quantitative estimate of drug-likeness (QED) is 0.838. The minimum Gasteiger partial charge on any atom is -0.497 e. The highest BCUT2D eigenvalue weighted by Gasteiger charge is 2.35. The fourth-order valence-corrected chi connectivity index (χ4v) is 2.06. The van der Waals surface area contributed by atoms with E-state index in [1.54, 1.807) is 7.11 Å². The average Bonchev–Trinajstić information content (AvgIpc) is 2.78. The number of ether oxygens (including phenoxy) is 1. The molecule has 2 rings (SSSR count). The monoisotopic (exact) mass is 234 g/mol. The van der Waals surface area contributed by atoms with Gasteiger partial charge >= 0.3 is 0 Å². The first-order valence-corrected chi connectivity index (χ1v) is 5.84. The van der Waals surface area contributed by atoms with E-state index in [1.165, 1.54) is 0 Å². The van der Waals surface area contributed by atoms with Crippen LogP contribution in [0.5, 0.6) is 5.75 Å². The lowest BCUT2D eigenvalue weighted by molar-refractivity contribution is -0.121. The Balaban J connectivity index is 2.07. The van der Waals surface area contributed by atoms with Crippen LogP contribution in [0.2, 0.25) is 0 Å². The fraction of sp³-hybridized carbons (Fsp3) is 0.462. The van der Waals surface area contributed by atoms with Crippen LogP contribution in [0.1, 0.15) is 19.8 Å². The standard InChI is InChI=1S/C13H18N2O2/c1-13(7-4-8-14-13)12(16)15-10-5-3-6-11(9-10)17-2/h3,5-6,9,14H,4,7-8H2,1-2H3,(H,15,16). The van der Waals surface area contributed by atoms with Gasteiger partial charge in [-0.1, -0.05) is 6.07 Å². The summed E-state index contributed by atoms with van der Waals surface area (Å²) in [4.78, 5) is 12.1. The van der Waals surface area contributed by atoms with Crippen LogP contribution in [0, 0.1) is 0 Å². The molecule has 1 aliphatic heterocycles. The molecular weight excluding hydrogens is 216 g/mol. The van der Waals surface area contributed by atoms with Crippen molar-refractivity contribution in [3.63, 3.8) is 0 Å². The minimum atomic E-state index is -0.441. The molecule has 1 unspecified atom stereocenters. The van der Waals surface area contributed by atoms with E-state index in [4.69, 9.17) is 4.74 Å². The van der Waals surface area contributed by atoms with Gasteiger partial charge in [0.25, 0.3) is 0 Å². The molecule has 1 atom stereocenters. The molecule has 1 fully saturated rings. The molecule has 4 nitrogen and oxygen atoms in total. The molecule has 4 heteroatoms. The molecule has 0 bridgehead atoms. The summed E-state index contributed by atoms with van der Waals surface area (Å²) < 4.78 is 5.12. The zero-order chi connectivity index (χ0) is 12.3. The van der Waals surface area contributed by atoms with Crippen molar-refractivity contribution in [1.82, 2.24) is 5.32 Å². The lowest BCUT2D eigenvalue weighted by atomic mass is 9.99. The Hall–Kier alpha value is -1.55. The van der Waals surface area contributed by atoms with Gasteiger partial charge in [-0.2, -0.15) is 0 Å². The molecule has 1 saturated heterocycles. The topological polar surface area (TPSA) is 50.4 Å². The zero-order valence-corrected chi connectivity index (χ0v) is 10.2. The van der Waals surface area contributed by atoms with Gasteiger partial charge in [-0.15, -0.1) is 0 Å². The normalized spacial score (nSPS) is 23.4. The molecule has 0 radical (unpaired) electrons. The molecule has 1 amide bonds. The van der Waals surface area contributed by atoms with Crippen LogP contribution in [-0.4, -0.2) is 25.1 Å². The molecular formula is C13H18N2O2. The first kappa shape index (κ1) is 11.9. The van der Waals surface area contributed by atoms with Crippen molar-refractivity contribution in [3.05, 3.63) is 24.3 Å². The highest BCUT2D eigenvalue weighted by Crippen LogP contribution is 2.22. The van der Waals surface area contributed by atoms with Crippen LogP contribution < -0.4 is 15.4 Å². The van der Waals surface area contributed by atoms with E-state index in [0.29, 0.717) is 0 Å². The van der Waals surface area contributed by atoms with Crippen LogP contribution in [-0.2, 0) is 4.79 Å². The van der Waals surface area contributed by atoms with Gasteiger partial charge < -0.3 is 15.4 Å². The maximum atomic E-state index is 12.1. The zero-order valence-electron chi connectivity index (χ0n) is 10.2. The summed E-state index contributed by atoms with van der Waals surface area (Å²) in [5.41, 5.74) is 0.326. The third kappa shape index (κ3) is 2.58. The van der Waals surface area contributed by atoms with Crippen LogP contribution in [0.25, 0.3) is 0 Å². The number of anilines is 1. The average molecular weight is 234 g/mol. The van der Waals surface area contributed by atoms with Gasteiger partial charge in [0.15, 0.2) is 0 Å². The van der Waals surface area contributed by atoms with E-state index in [-0.39, 0.29) is 5.91 Å². The van der Waals surface area contributed by atoms with E-state index in [9.17, 15) is 4.79 Å². The summed E-state index contributed by atoms with van der Waals surface area (Å²) in [6, 6.07) is 7.39. The summed E-state index contributed by atoms with van der Waals surface area (Å²) in [6.07, 6.45) is 1.92. The summed E-state index contributed by atoms with van der Waals surface area (Å²) in [6.45, 7) is 2.84. The van der Waals surface area contributed by atoms with Gasteiger partial charge in [-0.25, -0.2) is 0 Å². The van der Waals surface area contributed by atoms with Crippen LogP contribution >= 0.6 is 0 Å². The summed E-state index contributed by atoms with van der Waals surface area (Å²) in [5.74, 6) is 0.760. The molecule has 1 aliphatic rings. The molecule has 1 aromatic rings. The number of carbonyl (C=O) groups excluding carboxylic acids is 1. The van der Waals surface area contributed by atoms with Gasteiger partial charge in [0.1, 0.15) is 5.75 Å². The van der Waals surface area contributed by atoms with Gasteiger partial charge in [0, 0.05) is 11.8 Å². The lowest BCUT2D eigenvalue weighted by Gasteiger charge is -2.23. The van der Waals surface area contributed by atoms with Crippen molar-refractivity contribution >= 4 is 11.6 Å². The Morgan fingerprint density at radius 3 is 3.00 bits per heavy atom. The SMILES string of the molecule is COc1cccc(NC(=O)C2(C)CCCN2)c1. The van der Waals surface area contributed by atoms with Crippen molar-refractivity contribution in [2.75, 3.05) is 19.0 Å². The number of hydrogen-bond donors (Lipinski definition) is 2. The van der Waals surface area contributed by atoms with E-state index in [2.05, 4.69) is 10.6 Å². The van der Waals surface area contributed by atoms with Gasteiger partial charge in [0.05, 0.1) is 12.6 Å². The molecule has 0 aliphatic carbocycles. The predicted molar refractivity (Wildman–Crippen MR) is 67.3 cm³/mol. The Kier molecular flexibility index (Phi) is 3.33.